The van der Waals surface area contributed by atoms with E-state index in [0.717, 1.165) is 9.58 Å². The number of pyridine rings is 1. The standard InChI is InChI=1S/C19H22ClN5O/c20-16-5-3-6-17(15-16)23-13-11-22(12-14-23)8-4-10-25-19(26)24-9-2-1-7-18(24)21-25/h1-3,5-7,9,15H,4,8,10-14H2/i1D,2D,3D,5D,6D,7D,8D2,9D,13D2,14D2,15D. The van der Waals surface area contributed by atoms with Crippen molar-refractivity contribution in [2.24, 2.45) is 0 Å². The van der Waals surface area contributed by atoms with E-state index >= 15 is 0 Å². The number of rotatable bonds is 5. The van der Waals surface area contributed by atoms with Gasteiger partial charge in [-0.15, -0.1) is 5.10 Å². The molecule has 3 aromatic rings. The van der Waals surface area contributed by atoms with E-state index in [1.165, 1.54) is 0 Å². The van der Waals surface area contributed by atoms with Gasteiger partial charge in [0.15, 0.2) is 5.65 Å². The molecule has 1 saturated heterocycles. The minimum atomic E-state index is -2.73. The maximum atomic E-state index is 12.8. The first kappa shape index (κ1) is 7.37. The quantitative estimate of drug-likeness (QED) is 0.676. The van der Waals surface area contributed by atoms with Gasteiger partial charge in [0.1, 0.15) is 0 Å². The molecule has 1 aliphatic heterocycles. The molecule has 2 aromatic heterocycles. The second-order valence-corrected chi connectivity index (χ2v) is 5.61. The summed E-state index contributed by atoms with van der Waals surface area (Å²) in [6.07, 6.45) is -1.18. The molecule has 1 aliphatic rings. The molecule has 0 atom stereocenters. The fraction of sp³-hybridized carbons (Fsp3) is 0.368. The third kappa shape index (κ3) is 3.61. The molecule has 0 spiro atoms. The first-order valence-electron chi connectivity index (χ1n) is 14.6. The number of halogens is 1. The monoisotopic (exact) mass is 385 g/mol. The predicted molar refractivity (Wildman–Crippen MR) is 104 cm³/mol. The molecule has 136 valence electrons. The van der Waals surface area contributed by atoms with Crippen molar-refractivity contribution in [1.29, 1.82) is 0 Å². The zero-order valence-electron chi connectivity index (χ0n) is 27.4. The van der Waals surface area contributed by atoms with E-state index in [0.29, 0.717) is 9.30 Å². The Morgan fingerprint density at radius 2 is 2.08 bits per heavy atom. The van der Waals surface area contributed by atoms with Gasteiger partial charge in [0.05, 0.1) is 16.4 Å². The van der Waals surface area contributed by atoms with Gasteiger partial charge in [-0.05, 0) is 36.6 Å². The molecule has 0 radical (unpaired) electrons. The third-order valence-corrected chi connectivity index (χ3v) is 3.74. The molecule has 7 heteroatoms. The highest BCUT2D eigenvalue weighted by atomic mass is 35.5. The summed E-state index contributed by atoms with van der Waals surface area (Å²) in [6.45, 7) is -9.84. The highest BCUT2D eigenvalue weighted by Gasteiger charge is 2.17. The third-order valence-electron chi connectivity index (χ3n) is 3.55. The summed E-state index contributed by atoms with van der Waals surface area (Å²) in [5.74, 6) is 0. The number of aromatic nitrogens is 3. The van der Waals surface area contributed by atoms with E-state index in [2.05, 4.69) is 5.10 Å². The van der Waals surface area contributed by atoms with Crippen molar-refractivity contribution in [2.75, 3.05) is 37.5 Å². The second-order valence-electron chi connectivity index (χ2n) is 5.23. The molecule has 0 unspecified atom stereocenters. The Bertz CT molecular complexity index is 1540. The minimum absolute atomic E-state index is 0.360. The average molecular weight is 386 g/mol. The molecule has 6 nitrogen and oxygen atoms in total. The summed E-state index contributed by atoms with van der Waals surface area (Å²) in [5, 5.41) is 3.35. The Balaban J connectivity index is 1.65. The number of benzene rings is 1. The van der Waals surface area contributed by atoms with E-state index < -0.39 is 110 Å². The highest BCUT2D eigenvalue weighted by molar-refractivity contribution is 6.30. The Labute approximate surface area is 176 Å². The van der Waals surface area contributed by atoms with Crippen LogP contribution in [0.15, 0.2) is 53.3 Å². The van der Waals surface area contributed by atoms with E-state index in [4.69, 9.17) is 30.8 Å². The number of nitrogens with zero attached hydrogens (tertiary/aromatic N) is 5. The topological polar surface area (TPSA) is 45.8 Å². The van der Waals surface area contributed by atoms with Gasteiger partial charge in [-0.2, -0.15) is 0 Å². The van der Waals surface area contributed by atoms with Crippen LogP contribution >= 0.6 is 11.6 Å². The van der Waals surface area contributed by atoms with Crippen molar-refractivity contribution < 1.29 is 19.2 Å². The molecule has 0 saturated carbocycles. The minimum Gasteiger partial charge on any atom is -0.369 e. The number of aryl methyl sites for hydroxylation is 1. The lowest BCUT2D eigenvalue weighted by Crippen LogP contribution is -2.46. The lowest BCUT2D eigenvalue weighted by molar-refractivity contribution is 0.248. The largest absolute Gasteiger partial charge is 0.369 e. The van der Waals surface area contributed by atoms with E-state index in [9.17, 15) is 4.79 Å². The van der Waals surface area contributed by atoms with Crippen molar-refractivity contribution in [3.8, 4) is 0 Å². The zero-order valence-corrected chi connectivity index (χ0v) is 14.1. The van der Waals surface area contributed by atoms with Crippen molar-refractivity contribution in [2.45, 2.75) is 13.0 Å². The molecule has 0 aliphatic carbocycles. The van der Waals surface area contributed by atoms with E-state index in [1.54, 1.807) is 0 Å². The van der Waals surface area contributed by atoms with Gasteiger partial charge in [-0.1, -0.05) is 23.7 Å². The van der Waals surface area contributed by atoms with Crippen molar-refractivity contribution in [3.05, 3.63) is 64.0 Å². The molecular weight excluding hydrogens is 350 g/mol. The van der Waals surface area contributed by atoms with Crippen LogP contribution in [0.25, 0.3) is 5.65 Å². The van der Waals surface area contributed by atoms with Crippen molar-refractivity contribution in [1.82, 2.24) is 19.1 Å². The van der Waals surface area contributed by atoms with Crippen LogP contribution in [0.4, 0.5) is 5.69 Å². The van der Waals surface area contributed by atoms with Gasteiger partial charge in [0.2, 0.25) is 0 Å². The lowest BCUT2D eigenvalue weighted by atomic mass is 10.2. The number of anilines is 1. The van der Waals surface area contributed by atoms with Crippen molar-refractivity contribution in [3.63, 3.8) is 0 Å². The van der Waals surface area contributed by atoms with Crippen LogP contribution in [0.5, 0.6) is 0 Å². The van der Waals surface area contributed by atoms with E-state index in [1.807, 2.05) is 0 Å². The smallest absolute Gasteiger partial charge is 0.350 e. The lowest BCUT2D eigenvalue weighted by Gasteiger charge is -2.36. The molecular formula is C19H22ClN5O. The second kappa shape index (κ2) is 7.51. The Hall–Kier alpha value is -2.31. The normalized spacial score (nSPS) is 27.8. The fourth-order valence-corrected chi connectivity index (χ4v) is 2.47. The van der Waals surface area contributed by atoms with Gasteiger partial charge in [0, 0.05) is 58.7 Å². The summed E-state index contributed by atoms with van der Waals surface area (Å²) in [4.78, 5) is 14.1. The molecule has 1 fully saturated rings. The number of fused-ring (bicyclic) bond motifs is 1. The molecule has 4 rings (SSSR count). The van der Waals surface area contributed by atoms with Crippen LogP contribution in [0, 0.1) is 0 Å². The predicted octanol–water partition coefficient (Wildman–Crippen LogP) is 2.36. The summed E-state index contributed by atoms with van der Waals surface area (Å²) < 4.78 is 116. The number of piperazine rings is 1. The Morgan fingerprint density at radius 1 is 1.23 bits per heavy atom. The van der Waals surface area contributed by atoms with Gasteiger partial charge < -0.3 is 4.90 Å². The van der Waals surface area contributed by atoms with Crippen LogP contribution in [0.2, 0.25) is 5.02 Å². The Kier molecular flexibility index (Phi) is 2.13. The molecule has 26 heavy (non-hydrogen) atoms. The van der Waals surface area contributed by atoms with Gasteiger partial charge in [0.25, 0.3) is 0 Å². The molecule has 1 aromatic carbocycles. The van der Waals surface area contributed by atoms with Crippen LogP contribution < -0.4 is 10.6 Å². The maximum absolute atomic E-state index is 12.8. The summed E-state index contributed by atoms with van der Waals surface area (Å²) >= 11 is 5.94. The first-order chi connectivity index (χ1) is 18.2. The molecule has 3 heterocycles. The van der Waals surface area contributed by atoms with Crippen LogP contribution in [-0.4, -0.2) is 51.7 Å². The highest BCUT2D eigenvalue weighted by Crippen LogP contribution is 2.20. The van der Waals surface area contributed by atoms with Gasteiger partial charge in [-0.3, -0.25) is 9.30 Å². The summed E-state index contributed by atoms with van der Waals surface area (Å²) in [6, 6.07) is -4.66. The van der Waals surface area contributed by atoms with E-state index in [-0.39, 0.29) is 5.65 Å². The van der Waals surface area contributed by atoms with Crippen LogP contribution in [-0.2, 0) is 6.54 Å². The maximum Gasteiger partial charge on any atom is 0.350 e. The molecule has 0 bridgehead atoms. The van der Waals surface area contributed by atoms with Crippen molar-refractivity contribution >= 4 is 22.9 Å². The summed E-state index contributed by atoms with van der Waals surface area (Å²) in [7, 11) is 0. The number of hydrogen-bond donors (Lipinski definition) is 0. The first-order valence-corrected chi connectivity index (χ1v) is 7.99. The fourth-order valence-electron chi connectivity index (χ4n) is 2.34. The van der Waals surface area contributed by atoms with Crippen LogP contribution in [0.1, 0.15) is 25.6 Å². The Morgan fingerprint density at radius 3 is 2.92 bits per heavy atom. The molecule has 0 amide bonds. The van der Waals surface area contributed by atoms with Gasteiger partial charge in [-0.25, -0.2) is 9.48 Å². The number of hydrogen-bond acceptors (Lipinski definition) is 4. The zero-order chi connectivity index (χ0) is 30.3. The average Bonchev–Trinajstić information content (AvgIpc) is 3.19. The summed E-state index contributed by atoms with van der Waals surface area (Å²) in [5.41, 5.74) is -1.95. The molecule has 0 N–H and O–H groups in total. The van der Waals surface area contributed by atoms with Crippen LogP contribution in [0.3, 0.4) is 0 Å². The van der Waals surface area contributed by atoms with Gasteiger partial charge >= 0.3 is 5.69 Å². The SMILES string of the molecule is [2H]c1c([2H])c(Cl)c([2H])c(N2C([2H])([2H])CN(C([2H])([2H])CCn3nc4c([2H])c([2H])c([2H])c([2H])n4c3=O)CC2([2H])[2H])c1[2H].